The van der Waals surface area contributed by atoms with Gasteiger partial charge in [-0.3, -0.25) is 9.20 Å². The molecule has 0 aromatic carbocycles. The van der Waals surface area contributed by atoms with Gasteiger partial charge in [-0.2, -0.15) is 0 Å². The van der Waals surface area contributed by atoms with E-state index in [9.17, 15) is 9.59 Å². The number of carboxylic acid groups (broad SMARTS) is 1. The lowest BCUT2D eigenvalue weighted by Crippen LogP contribution is -2.52. The van der Waals surface area contributed by atoms with Crippen molar-refractivity contribution in [2.24, 2.45) is 0 Å². The van der Waals surface area contributed by atoms with E-state index < -0.39 is 11.5 Å². The van der Waals surface area contributed by atoms with E-state index in [0.717, 1.165) is 4.96 Å². The first-order valence-electron chi connectivity index (χ1n) is 5.90. The largest absolute Gasteiger partial charge is 0.480 e. The Morgan fingerprint density at radius 2 is 2.32 bits per heavy atom. The summed E-state index contributed by atoms with van der Waals surface area (Å²) in [7, 11) is 0. The molecule has 2 N–H and O–H groups in total. The average Bonchev–Trinajstić information content (AvgIpc) is 2.88. The van der Waals surface area contributed by atoms with Gasteiger partial charge in [0.15, 0.2) is 4.96 Å². The Balaban J connectivity index is 2.05. The molecule has 7 heteroatoms. The van der Waals surface area contributed by atoms with E-state index in [1.54, 1.807) is 13.1 Å². The minimum Gasteiger partial charge on any atom is -0.480 e. The molecule has 1 amide bonds. The summed E-state index contributed by atoms with van der Waals surface area (Å²) in [5, 5.41) is 13.5. The van der Waals surface area contributed by atoms with Gasteiger partial charge in [-0.1, -0.05) is 6.92 Å². The van der Waals surface area contributed by atoms with Crippen molar-refractivity contribution in [2.45, 2.75) is 32.2 Å². The van der Waals surface area contributed by atoms with Crippen molar-refractivity contribution in [1.29, 1.82) is 0 Å². The summed E-state index contributed by atoms with van der Waals surface area (Å²) in [4.78, 5) is 28.1. The minimum absolute atomic E-state index is 0.0806. The number of imidazole rings is 1. The van der Waals surface area contributed by atoms with E-state index >= 15 is 0 Å². The molecule has 0 saturated carbocycles. The van der Waals surface area contributed by atoms with Crippen molar-refractivity contribution in [3.05, 3.63) is 23.5 Å². The molecule has 1 unspecified atom stereocenters. The molecular formula is C12H15N3O3S. The maximum atomic E-state index is 11.9. The Morgan fingerprint density at radius 3 is 2.89 bits per heavy atom. The summed E-state index contributed by atoms with van der Waals surface area (Å²) < 4.78 is 1.84. The summed E-state index contributed by atoms with van der Waals surface area (Å²) in [5.74, 6) is -1.37. The van der Waals surface area contributed by atoms with Gasteiger partial charge in [0.05, 0.1) is 12.1 Å². The van der Waals surface area contributed by atoms with Gasteiger partial charge in [-0.25, -0.2) is 9.78 Å². The summed E-state index contributed by atoms with van der Waals surface area (Å²) in [6, 6.07) is 0. The molecule has 2 aromatic heterocycles. The van der Waals surface area contributed by atoms with Gasteiger partial charge in [-0.15, -0.1) is 11.3 Å². The van der Waals surface area contributed by atoms with Crippen molar-refractivity contribution in [2.75, 3.05) is 0 Å². The molecule has 0 spiro atoms. The number of carbonyl (C=O) groups excluding carboxylic acids is 1. The number of nitrogens with one attached hydrogen (secondary N) is 1. The molecule has 102 valence electrons. The fourth-order valence-electron chi connectivity index (χ4n) is 1.67. The maximum absolute atomic E-state index is 11.9. The highest BCUT2D eigenvalue weighted by molar-refractivity contribution is 7.15. The Bertz CT molecular complexity index is 590. The van der Waals surface area contributed by atoms with Crippen LogP contribution >= 0.6 is 11.3 Å². The second-order valence-electron chi connectivity index (χ2n) is 4.54. The lowest BCUT2D eigenvalue weighted by Gasteiger charge is -2.24. The Hall–Kier alpha value is -1.89. The van der Waals surface area contributed by atoms with Gasteiger partial charge < -0.3 is 10.4 Å². The number of rotatable bonds is 5. The van der Waals surface area contributed by atoms with Crippen molar-refractivity contribution >= 4 is 28.2 Å². The predicted octanol–water partition coefficient (Wildman–Crippen LogP) is 1.31. The van der Waals surface area contributed by atoms with Crippen LogP contribution in [0.4, 0.5) is 0 Å². The molecule has 2 aromatic rings. The lowest BCUT2D eigenvalue weighted by molar-refractivity contribution is -0.146. The molecule has 0 aliphatic carbocycles. The molecule has 0 fully saturated rings. The molecule has 0 aliphatic rings. The zero-order chi connectivity index (χ0) is 14.0. The first kappa shape index (κ1) is 13.5. The van der Waals surface area contributed by atoms with Gasteiger partial charge in [0.1, 0.15) is 5.54 Å². The monoisotopic (exact) mass is 281 g/mol. The first-order chi connectivity index (χ1) is 8.94. The second-order valence-corrected chi connectivity index (χ2v) is 5.41. The number of hydrogen-bond donors (Lipinski definition) is 2. The van der Waals surface area contributed by atoms with Crippen molar-refractivity contribution in [1.82, 2.24) is 14.7 Å². The van der Waals surface area contributed by atoms with Gasteiger partial charge in [0, 0.05) is 17.8 Å². The highest BCUT2D eigenvalue weighted by Gasteiger charge is 2.32. The number of aliphatic carboxylic acids is 1. The highest BCUT2D eigenvalue weighted by Crippen LogP contribution is 2.13. The summed E-state index contributed by atoms with van der Waals surface area (Å²) in [6.07, 6.45) is 4.04. The zero-order valence-electron chi connectivity index (χ0n) is 10.7. The van der Waals surface area contributed by atoms with Gasteiger partial charge in [0.2, 0.25) is 5.91 Å². The fourth-order valence-corrected chi connectivity index (χ4v) is 2.39. The highest BCUT2D eigenvalue weighted by atomic mass is 32.1. The zero-order valence-corrected chi connectivity index (χ0v) is 11.5. The maximum Gasteiger partial charge on any atom is 0.329 e. The van der Waals surface area contributed by atoms with Crippen LogP contribution in [0.5, 0.6) is 0 Å². The molecule has 2 heterocycles. The molecule has 1 atom stereocenters. The van der Waals surface area contributed by atoms with Crippen LogP contribution in [-0.4, -0.2) is 31.9 Å². The number of amides is 1. The molecule has 0 aliphatic heterocycles. The average molecular weight is 281 g/mol. The number of thiazole rings is 1. The predicted molar refractivity (Wildman–Crippen MR) is 71.2 cm³/mol. The van der Waals surface area contributed by atoms with Gasteiger partial charge in [0.25, 0.3) is 0 Å². The van der Waals surface area contributed by atoms with Crippen molar-refractivity contribution < 1.29 is 14.7 Å². The van der Waals surface area contributed by atoms with Crippen LogP contribution in [-0.2, 0) is 16.0 Å². The van der Waals surface area contributed by atoms with Crippen LogP contribution in [0.1, 0.15) is 26.0 Å². The molecule has 0 radical (unpaired) electrons. The van der Waals surface area contributed by atoms with Crippen LogP contribution in [0.2, 0.25) is 0 Å². The van der Waals surface area contributed by atoms with E-state index in [-0.39, 0.29) is 12.3 Å². The van der Waals surface area contributed by atoms with E-state index in [0.29, 0.717) is 12.1 Å². The number of carbonyl (C=O) groups is 2. The van der Waals surface area contributed by atoms with Gasteiger partial charge >= 0.3 is 5.97 Å². The molecule has 0 saturated heterocycles. The van der Waals surface area contributed by atoms with Crippen molar-refractivity contribution in [3.63, 3.8) is 0 Å². The third-order valence-electron chi connectivity index (χ3n) is 3.08. The number of hydrogen-bond acceptors (Lipinski definition) is 4. The molecule has 0 bridgehead atoms. The molecular weight excluding hydrogens is 266 g/mol. The van der Waals surface area contributed by atoms with Crippen LogP contribution in [0.3, 0.4) is 0 Å². The van der Waals surface area contributed by atoms with E-state index in [4.69, 9.17) is 5.11 Å². The summed E-state index contributed by atoms with van der Waals surface area (Å²) >= 11 is 1.48. The molecule has 19 heavy (non-hydrogen) atoms. The lowest BCUT2D eigenvalue weighted by atomic mass is 9.99. The van der Waals surface area contributed by atoms with Crippen LogP contribution < -0.4 is 5.32 Å². The fraction of sp³-hybridized carbons (Fsp3) is 0.417. The number of nitrogens with zero attached hydrogens (tertiary/aromatic N) is 2. The number of aromatic nitrogens is 2. The second kappa shape index (κ2) is 5.00. The minimum atomic E-state index is -1.23. The molecule has 2 rings (SSSR count). The Kier molecular flexibility index (Phi) is 3.57. The summed E-state index contributed by atoms with van der Waals surface area (Å²) in [5.41, 5.74) is -0.595. The van der Waals surface area contributed by atoms with E-state index in [2.05, 4.69) is 10.3 Å². The topological polar surface area (TPSA) is 83.7 Å². The van der Waals surface area contributed by atoms with Gasteiger partial charge in [-0.05, 0) is 13.3 Å². The Morgan fingerprint density at radius 1 is 1.58 bits per heavy atom. The third-order valence-corrected chi connectivity index (χ3v) is 3.85. The van der Waals surface area contributed by atoms with Crippen LogP contribution in [0.15, 0.2) is 17.8 Å². The third kappa shape index (κ3) is 2.76. The van der Waals surface area contributed by atoms with Crippen molar-refractivity contribution in [3.8, 4) is 0 Å². The normalized spacial score (nSPS) is 14.2. The van der Waals surface area contributed by atoms with Crippen LogP contribution in [0.25, 0.3) is 4.96 Å². The Labute approximate surface area is 114 Å². The quantitative estimate of drug-likeness (QED) is 0.865. The summed E-state index contributed by atoms with van der Waals surface area (Å²) in [6.45, 7) is 3.22. The first-order valence-corrected chi connectivity index (χ1v) is 6.78. The smallest absolute Gasteiger partial charge is 0.329 e. The number of carboxylic acids is 1. The SMILES string of the molecule is CCC(C)(NC(=O)Cc1cn2ccsc2n1)C(=O)O. The van der Waals surface area contributed by atoms with Crippen LogP contribution in [0, 0.1) is 0 Å². The standard InChI is InChI=1S/C12H15N3O3S/c1-3-12(2,10(17)18)14-9(16)6-8-7-15-4-5-19-11(15)13-8/h4-5,7H,3,6H2,1-2H3,(H,14,16)(H,17,18). The number of fused-ring (bicyclic) bond motifs is 1. The van der Waals surface area contributed by atoms with E-state index in [1.807, 2.05) is 16.0 Å². The molecule has 6 nitrogen and oxygen atoms in total. The van der Waals surface area contributed by atoms with E-state index in [1.165, 1.54) is 18.3 Å².